The third-order valence-electron chi connectivity index (χ3n) is 10.5. The van der Waals surface area contributed by atoms with Crippen molar-refractivity contribution in [2.45, 2.75) is 128 Å². The molecule has 10 N–H and O–H groups in total. The van der Waals surface area contributed by atoms with Crippen LogP contribution < -0.4 is 47.9 Å². The minimum absolute atomic E-state index is 0.00681. The molecule has 1 saturated heterocycles. The lowest BCUT2D eigenvalue weighted by molar-refractivity contribution is -0.140. The van der Waals surface area contributed by atoms with Crippen LogP contribution in [0.25, 0.3) is 0 Å². The molecule has 1 aromatic carbocycles. The average molecular weight is 784 g/mol. The highest BCUT2D eigenvalue weighted by molar-refractivity contribution is 5.96. The number of primary amides is 1. The van der Waals surface area contributed by atoms with E-state index < -0.39 is 65.2 Å². The quantitative estimate of drug-likeness (QED) is 0.0994. The molecule has 0 aromatic heterocycles. The number of amides is 6. The minimum atomic E-state index is -1.21. The van der Waals surface area contributed by atoms with E-state index in [2.05, 4.69) is 26.3 Å². The number of fused-ring (bicyclic) bond motifs is 3. The van der Waals surface area contributed by atoms with E-state index in [4.69, 9.17) is 26.7 Å². The van der Waals surface area contributed by atoms with Crippen LogP contribution in [0.2, 0.25) is 0 Å². The molecule has 2 heterocycles. The first-order chi connectivity index (χ1) is 26.6. The fourth-order valence-electron chi connectivity index (χ4n) is 7.49. The lowest BCUT2D eigenvalue weighted by Gasteiger charge is -2.33. The number of nitrogens with one attached hydrogen (secondary N) is 4. The topological polar surface area (TPSA) is 263 Å². The monoisotopic (exact) mass is 783 g/mol. The van der Waals surface area contributed by atoms with Crippen molar-refractivity contribution in [1.82, 2.24) is 26.2 Å². The first-order valence-corrected chi connectivity index (χ1v) is 19.9. The van der Waals surface area contributed by atoms with Gasteiger partial charge >= 0.3 is 0 Å². The highest BCUT2D eigenvalue weighted by atomic mass is 16.5. The van der Waals surface area contributed by atoms with E-state index >= 15 is 0 Å². The Balaban J connectivity index is 1.64. The van der Waals surface area contributed by atoms with E-state index in [1.54, 1.807) is 49.9 Å². The van der Waals surface area contributed by atoms with E-state index in [0.717, 1.165) is 19.3 Å². The number of nitrogens with zero attached hydrogens (tertiary/aromatic N) is 2. The van der Waals surface area contributed by atoms with Gasteiger partial charge in [0.1, 0.15) is 41.7 Å². The van der Waals surface area contributed by atoms with E-state index in [1.807, 2.05) is 0 Å². The number of guanidine groups is 1. The first kappa shape index (κ1) is 43.6. The van der Waals surface area contributed by atoms with Gasteiger partial charge in [-0.3, -0.25) is 33.8 Å². The van der Waals surface area contributed by atoms with Crippen molar-refractivity contribution < 1.29 is 38.2 Å². The molecule has 1 aliphatic carbocycles. The van der Waals surface area contributed by atoms with Crippen LogP contribution >= 0.6 is 0 Å². The van der Waals surface area contributed by atoms with E-state index in [1.165, 1.54) is 0 Å². The van der Waals surface area contributed by atoms with Crippen molar-refractivity contribution in [2.75, 3.05) is 26.3 Å². The summed E-state index contributed by atoms with van der Waals surface area (Å²) in [5, 5.41) is 11.3. The van der Waals surface area contributed by atoms with Gasteiger partial charge in [-0.05, 0) is 68.4 Å². The van der Waals surface area contributed by atoms with E-state index in [-0.39, 0.29) is 56.8 Å². The van der Waals surface area contributed by atoms with Gasteiger partial charge in [0.15, 0.2) is 5.96 Å². The maximum atomic E-state index is 14.3. The molecule has 56 heavy (non-hydrogen) atoms. The number of aliphatic imine (C=N–C) groups is 1. The van der Waals surface area contributed by atoms with Gasteiger partial charge in [0.25, 0.3) is 0 Å². The van der Waals surface area contributed by atoms with Gasteiger partial charge in [-0.1, -0.05) is 46.1 Å². The second kappa shape index (κ2) is 20.7. The molecule has 2 fully saturated rings. The summed E-state index contributed by atoms with van der Waals surface area (Å²) in [6.07, 6.45) is 6.34. The Kier molecular flexibility index (Phi) is 16.1. The third kappa shape index (κ3) is 13.0. The maximum absolute atomic E-state index is 14.3. The highest BCUT2D eigenvalue weighted by Gasteiger charge is 2.40. The molecule has 17 heteroatoms. The summed E-state index contributed by atoms with van der Waals surface area (Å²) in [6, 6.07) is 1.84. The molecule has 0 spiro atoms. The van der Waals surface area contributed by atoms with Gasteiger partial charge in [-0.15, -0.1) is 0 Å². The summed E-state index contributed by atoms with van der Waals surface area (Å²) in [5.41, 5.74) is 15.9. The zero-order valence-corrected chi connectivity index (χ0v) is 33.0. The van der Waals surface area contributed by atoms with Crippen LogP contribution in [-0.2, 0) is 28.8 Å². The van der Waals surface area contributed by atoms with Crippen LogP contribution in [0.3, 0.4) is 0 Å². The predicted molar refractivity (Wildman–Crippen MR) is 209 cm³/mol. The number of hydrogen-bond acceptors (Lipinski definition) is 9. The van der Waals surface area contributed by atoms with Crippen molar-refractivity contribution in [3.63, 3.8) is 0 Å². The molecular formula is C39H61N9O8. The van der Waals surface area contributed by atoms with Crippen molar-refractivity contribution in [2.24, 2.45) is 33.5 Å². The molecule has 4 rings (SSSR count). The SMILES string of the molecule is CC(C)(C)C(NC(=O)C(CCCN=C(N)N)NC(=O)C1CCOc2cccc(c2)OCCCC(=O)N2CCCC2C(=O)NC(C2CCCCC2)C(=O)N1)C(N)=O. The third-order valence-corrected chi connectivity index (χ3v) is 10.5. The fourth-order valence-corrected chi connectivity index (χ4v) is 7.49. The second-order valence-electron chi connectivity index (χ2n) is 16.0. The Morgan fingerprint density at radius 2 is 1.59 bits per heavy atom. The van der Waals surface area contributed by atoms with Gasteiger partial charge in [-0.25, -0.2) is 0 Å². The second-order valence-corrected chi connectivity index (χ2v) is 16.0. The smallest absolute Gasteiger partial charge is 0.243 e. The van der Waals surface area contributed by atoms with Crippen molar-refractivity contribution in [1.29, 1.82) is 0 Å². The summed E-state index contributed by atoms with van der Waals surface area (Å²) in [7, 11) is 0. The van der Waals surface area contributed by atoms with Gasteiger partial charge in [-0.2, -0.15) is 0 Å². The summed E-state index contributed by atoms with van der Waals surface area (Å²) in [6.45, 7) is 6.13. The Bertz CT molecular complexity index is 1570. The Hall–Kier alpha value is -5.09. The fraction of sp³-hybridized carbons (Fsp3) is 0.667. The molecular weight excluding hydrogens is 722 g/mol. The number of rotatable bonds is 10. The van der Waals surface area contributed by atoms with Gasteiger partial charge in [0.2, 0.25) is 35.4 Å². The molecule has 2 bridgehead atoms. The van der Waals surface area contributed by atoms with Gasteiger partial charge in [0, 0.05) is 32.0 Å². The average Bonchev–Trinajstić information content (AvgIpc) is 3.65. The molecule has 1 saturated carbocycles. The van der Waals surface area contributed by atoms with Crippen molar-refractivity contribution in [3.8, 4) is 11.5 Å². The molecule has 3 aliphatic rings. The normalized spacial score (nSPS) is 22.9. The lowest BCUT2D eigenvalue weighted by Crippen LogP contribution is -2.61. The van der Waals surface area contributed by atoms with Crippen LogP contribution in [0, 0.1) is 11.3 Å². The van der Waals surface area contributed by atoms with Crippen LogP contribution in [0.1, 0.15) is 97.8 Å². The molecule has 0 radical (unpaired) electrons. The number of carbonyl (C=O) groups is 6. The number of hydrogen-bond donors (Lipinski definition) is 7. The van der Waals surface area contributed by atoms with Crippen LogP contribution in [0.4, 0.5) is 0 Å². The van der Waals surface area contributed by atoms with Crippen molar-refractivity contribution >= 4 is 41.4 Å². The molecule has 1 aromatic rings. The van der Waals surface area contributed by atoms with Crippen molar-refractivity contribution in [3.05, 3.63) is 24.3 Å². The Labute approximate surface area is 329 Å². The molecule has 2 aliphatic heterocycles. The van der Waals surface area contributed by atoms with Gasteiger partial charge in [0.05, 0.1) is 13.2 Å². The Morgan fingerprint density at radius 1 is 0.893 bits per heavy atom. The van der Waals surface area contributed by atoms with Crippen LogP contribution in [0.5, 0.6) is 11.5 Å². The number of ether oxygens (including phenoxy) is 2. The number of carbonyl (C=O) groups excluding carboxylic acids is 6. The zero-order chi connectivity index (χ0) is 40.8. The highest BCUT2D eigenvalue weighted by Crippen LogP contribution is 2.28. The maximum Gasteiger partial charge on any atom is 0.243 e. The van der Waals surface area contributed by atoms with Crippen LogP contribution in [-0.4, -0.2) is 103 Å². The first-order valence-electron chi connectivity index (χ1n) is 19.9. The van der Waals surface area contributed by atoms with E-state index in [0.29, 0.717) is 56.6 Å². The van der Waals surface area contributed by atoms with Gasteiger partial charge < -0.3 is 52.8 Å². The molecule has 310 valence electrons. The molecule has 5 unspecified atom stereocenters. The molecule has 17 nitrogen and oxygen atoms in total. The Morgan fingerprint density at radius 3 is 2.25 bits per heavy atom. The van der Waals surface area contributed by atoms with Crippen LogP contribution in [0.15, 0.2) is 29.3 Å². The standard InChI is InChI=1S/C39H61N9O8/c1-39(2,3)32(33(40)50)47-35(52)27(15-8-19-43-38(41)42)44-34(51)28-18-22-56-26-14-7-13-25(23-26)55-21-10-17-30(49)48-20-9-16-29(48)36(53)46-31(37(54)45-28)24-11-5-4-6-12-24/h7,13-14,23-24,27-29,31-32H,4-6,8-12,15-22H2,1-3H3,(H2,40,50)(H,44,51)(H,45,54)(H,46,53)(H,47,52)(H4,41,42,43). The zero-order valence-electron chi connectivity index (χ0n) is 33.0. The summed E-state index contributed by atoms with van der Waals surface area (Å²) in [5.74, 6) is -2.51. The number of nitrogens with two attached hydrogens (primary N) is 3. The molecule has 6 amide bonds. The minimum Gasteiger partial charge on any atom is -0.493 e. The predicted octanol–water partition coefficient (Wildman–Crippen LogP) is 0.724. The lowest BCUT2D eigenvalue weighted by atomic mass is 9.83. The largest absolute Gasteiger partial charge is 0.493 e. The summed E-state index contributed by atoms with van der Waals surface area (Å²) >= 11 is 0. The van der Waals surface area contributed by atoms with E-state index in [9.17, 15) is 28.8 Å². The summed E-state index contributed by atoms with van der Waals surface area (Å²) in [4.78, 5) is 87.3. The summed E-state index contributed by atoms with van der Waals surface area (Å²) < 4.78 is 11.9. The number of benzene rings is 1. The molecule has 5 atom stereocenters.